The summed E-state index contributed by atoms with van der Waals surface area (Å²) in [5, 5.41) is 0.797. The van der Waals surface area contributed by atoms with E-state index in [0.717, 1.165) is 23.9 Å². The molecule has 104 valence electrons. The minimum absolute atomic E-state index is 0.369. The quantitative estimate of drug-likeness (QED) is 0.830. The molecule has 1 aliphatic rings. The van der Waals surface area contributed by atoms with Crippen LogP contribution < -0.4 is 4.74 Å². The Kier molecular flexibility index (Phi) is 3.68. The van der Waals surface area contributed by atoms with Gasteiger partial charge in [-0.15, -0.1) is 0 Å². The van der Waals surface area contributed by atoms with Crippen LogP contribution in [-0.4, -0.2) is 25.6 Å². The zero-order chi connectivity index (χ0) is 14.1. The van der Waals surface area contributed by atoms with Crippen molar-refractivity contribution >= 4 is 11.6 Å². The average Bonchev–Trinajstić information content (AvgIpc) is 2.45. The van der Waals surface area contributed by atoms with E-state index in [1.807, 2.05) is 18.2 Å². The van der Waals surface area contributed by atoms with E-state index in [9.17, 15) is 0 Å². The Morgan fingerprint density at radius 1 is 1.20 bits per heavy atom. The van der Waals surface area contributed by atoms with Crippen LogP contribution in [0, 0.1) is 0 Å². The molecule has 0 aromatic heterocycles. The van der Waals surface area contributed by atoms with Crippen molar-refractivity contribution in [3.63, 3.8) is 0 Å². The summed E-state index contributed by atoms with van der Waals surface area (Å²) in [5.74, 6) is 1.29. The van der Waals surface area contributed by atoms with E-state index < -0.39 is 0 Å². The molecular formula is C17H18ClNO. The third kappa shape index (κ3) is 2.54. The fraction of sp³-hybridized carbons (Fsp3) is 0.294. The summed E-state index contributed by atoms with van der Waals surface area (Å²) in [7, 11) is 3.86. The van der Waals surface area contributed by atoms with Gasteiger partial charge in [0.15, 0.2) is 0 Å². The lowest BCUT2D eigenvalue weighted by Gasteiger charge is -2.33. The molecule has 0 amide bonds. The summed E-state index contributed by atoms with van der Waals surface area (Å²) in [6, 6.07) is 14.5. The molecule has 1 atom stereocenters. The number of ether oxygens (including phenoxy) is 1. The Bertz CT molecular complexity index is 626. The van der Waals surface area contributed by atoms with E-state index in [4.69, 9.17) is 16.3 Å². The molecule has 2 aromatic carbocycles. The van der Waals surface area contributed by atoms with Crippen LogP contribution in [-0.2, 0) is 6.54 Å². The van der Waals surface area contributed by atoms with E-state index in [2.05, 4.69) is 36.2 Å². The van der Waals surface area contributed by atoms with Gasteiger partial charge in [-0.3, -0.25) is 0 Å². The SMILES string of the molecule is COc1ccc2c(c1)CN(C)CC2c1cccc(Cl)c1. The van der Waals surface area contributed by atoms with E-state index >= 15 is 0 Å². The van der Waals surface area contributed by atoms with E-state index in [1.54, 1.807) is 7.11 Å². The van der Waals surface area contributed by atoms with E-state index in [-0.39, 0.29) is 0 Å². The van der Waals surface area contributed by atoms with Crippen LogP contribution in [0.1, 0.15) is 22.6 Å². The number of nitrogens with zero attached hydrogens (tertiary/aromatic N) is 1. The summed E-state index contributed by atoms with van der Waals surface area (Å²) in [6.07, 6.45) is 0. The maximum Gasteiger partial charge on any atom is 0.119 e. The van der Waals surface area contributed by atoms with Gasteiger partial charge in [0.2, 0.25) is 0 Å². The minimum Gasteiger partial charge on any atom is -0.497 e. The van der Waals surface area contributed by atoms with Crippen molar-refractivity contribution in [2.24, 2.45) is 0 Å². The van der Waals surface area contributed by atoms with Crippen molar-refractivity contribution in [2.75, 3.05) is 20.7 Å². The first-order chi connectivity index (χ1) is 9.67. The number of fused-ring (bicyclic) bond motifs is 1. The van der Waals surface area contributed by atoms with Gasteiger partial charge in [0, 0.05) is 24.0 Å². The van der Waals surface area contributed by atoms with Crippen LogP contribution in [0.4, 0.5) is 0 Å². The number of methoxy groups -OCH3 is 1. The molecule has 0 aliphatic carbocycles. The predicted molar refractivity (Wildman–Crippen MR) is 82.6 cm³/mol. The molecule has 1 unspecified atom stereocenters. The summed E-state index contributed by atoms with van der Waals surface area (Å²) in [4.78, 5) is 2.34. The largest absolute Gasteiger partial charge is 0.497 e. The molecule has 0 bridgehead atoms. The molecule has 1 heterocycles. The van der Waals surface area contributed by atoms with Crippen molar-refractivity contribution in [2.45, 2.75) is 12.5 Å². The summed E-state index contributed by atoms with van der Waals surface area (Å²) < 4.78 is 5.34. The van der Waals surface area contributed by atoms with Crippen LogP contribution in [0.5, 0.6) is 5.75 Å². The van der Waals surface area contributed by atoms with Crippen LogP contribution in [0.25, 0.3) is 0 Å². The molecule has 3 rings (SSSR count). The van der Waals surface area contributed by atoms with Gasteiger partial charge in [-0.2, -0.15) is 0 Å². The highest BCUT2D eigenvalue weighted by molar-refractivity contribution is 6.30. The average molecular weight is 288 g/mol. The molecule has 0 radical (unpaired) electrons. The lowest BCUT2D eigenvalue weighted by atomic mass is 9.85. The predicted octanol–water partition coefficient (Wildman–Crippen LogP) is 3.93. The second-order valence-corrected chi connectivity index (χ2v) is 5.81. The summed E-state index contributed by atoms with van der Waals surface area (Å²) in [6.45, 7) is 1.98. The highest BCUT2D eigenvalue weighted by atomic mass is 35.5. The third-order valence-corrected chi connectivity index (χ3v) is 4.15. The van der Waals surface area contributed by atoms with Gasteiger partial charge in [0.1, 0.15) is 5.75 Å². The van der Waals surface area contributed by atoms with Crippen molar-refractivity contribution in [1.29, 1.82) is 0 Å². The van der Waals surface area contributed by atoms with Gasteiger partial charge < -0.3 is 9.64 Å². The lowest BCUT2D eigenvalue weighted by Crippen LogP contribution is -2.30. The van der Waals surface area contributed by atoms with Gasteiger partial charge in [0.05, 0.1) is 7.11 Å². The first-order valence-corrected chi connectivity index (χ1v) is 7.16. The number of hydrogen-bond donors (Lipinski definition) is 0. The molecule has 3 heteroatoms. The van der Waals surface area contributed by atoms with Gasteiger partial charge in [-0.25, -0.2) is 0 Å². The van der Waals surface area contributed by atoms with E-state index in [1.165, 1.54) is 16.7 Å². The number of benzene rings is 2. The number of hydrogen-bond acceptors (Lipinski definition) is 2. The van der Waals surface area contributed by atoms with Crippen molar-refractivity contribution in [3.8, 4) is 5.75 Å². The van der Waals surface area contributed by atoms with Gasteiger partial charge >= 0.3 is 0 Å². The maximum atomic E-state index is 6.14. The maximum absolute atomic E-state index is 6.14. The summed E-state index contributed by atoms with van der Waals surface area (Å²) in [5.41, 5.74) is 3.99. The van der Waals surface area contributed by atoms with Crippen molar-refractivity contribution < 1.29 is 4.74 Å². The Morgan fingerprint density at radius 3 is 2.80 bits per heavy atom. The Balaban J connectivity index is 2.06. The van der Waals surface area contributed by atoms with Crippen molar-refractivity contribution in [3.05, 3.63) is 64.2 Å². The minimum atomic E-state index is 0.369. The molecule has 2 nitrogen and oxygen atoms in total. The van der Waals surface area contributed by atoms with Crippen LogP contribution in [0.15, 0.2) is 42.5 Å². The topological polar surface area (TPSA) is 12.5 Å². The van der Waals surface area contributed by atoms with Crippen LogP contribution in [0.2, 0.25) is 5.02 Å². The van der Waals surface area contributed by atoms with Gasteiger partial charge in [-0.1, -0.05) is 29.8 Å². The zero-order valence-electron chi connectivity index (χ0n) is 11.8. The molecule has 0 saturated heterocycles. The second kappa shape index (κ2) is 5.47. The molecule has 0 fully saturated rings. The Hall–Kier alpha value is -1.51. The Labute approximate surface area is 124 Å². The van der Waals surface area contributed by atoms with Crippen molar-refractivity contribution in [1.82, 2.24) is 4.90 Å². The van der Waals surface area contributed by atoms with E-state index in [0.29, 0.717) is 5.92 Å². The monoisotopic (exact) mass is 287 g/mol. The fourth-order valence-corrected chi connectivity index (χ4v) is 3.16. The van der Waals surface area contributed by atoms with Crippen LogP contribution >= 0.6 is 11.6 Å². The molecule has 0 N–H and O–H groups in total. The molecule has 0 saturated carbocycles. The summed E-state index contributed by atoms with van der Waals surface area (Å²) >= 11 is 6.14. The highest BCUT2D eigenvalue weighted by Gasteiger charge is 2.25. The first-order valence-electron chi connectivity index (χ1n) is 6.78. The first kappa shape index (κ1) is 13.5. The zero-order valence-corrected chi connectivity index (χ0v) is 12.5. The third-order valence-electron chi connectivity index (χ3n) is 3.91. The number of likely N-dealkylation sites (N-methyl/N-ethyl adjacent to an activating group) is 1. The van der Waals surface area contributed by atoms with Gasteiger partial charge in [-0.05, 0) is 48.0 Å². The Morgan fingerprint density at radius 2 is 2.05 bits per heavy atom. The number of halogens is 1. The normalized spacial score (nSPS) is 18.6. The highest BCUT2D eigenvalue weighted by Crippen LogP contribution is 2.35. The molecule has 20 heavy (non-hydrogen) atoms. The van der Waals surface area contributed by atoms with Crippen LogP contribution in [0.3, 0.4) is 0 Å². The fourth-order valence-electron chi connectivity index (χ4n) is 2.96. The lowest BCUT2D eigenvalue weighted by molar-refractivity contribution is 0.294. The molecule has 1 aliphatic heterocycles. The molecule has 2 aromatic rings. The van der Waals surface area contributed by atoms with Gasteiger partial charge in [0.25, 0.3) is 0 Å². The number of rotatable bonds is 2. The second-order valence-electron chi connectivity index (χ2n) is 5.37. The smallest absolute Gasteiger partial charge is 0.119 e. The standard InChI is InChI=1S/C17H18ClNO/c1-19-10-13-9-15(20-2)6-7-16(13)17(11-19)12-4-3-5-14(18)8-12/h3-9,17H,10-11H2,1-2H3. The molecular weight excluding hydrogens is 270 g/mol. The molecule has 0 spiro atoms.